The van der Waals surface area contributed by atoms with Crippen molar-refractivity contribution in [3.63, 3.8) is 0 Å². The highest BCUT2D eigenvalue weighted by Gasteiger charge is 2.39. The molecule has 3 aromatic rings. The van der Waals surface area contributed by atoms with Crippen molar-refractivity contribution in [3.05, 3.63) is 113 Å². The fourth-order valence-corrected chi connectivity index (χ4v) is 5.53. The molecule has 0 spiro atoms. The third kappa shape index (κ3) is 6.31. The maximum atomic E-state index is 13.7. The topological polar surface area (TPSA) is 63.5 Å². The lowest BCUT2D eigenvalue weighted by Gasteiger charge is -2.36. The van der Waals surface area contributed by atoms with Crippen molar-refractivity contribution < 1.29 is 14.0 Å². The van der Waals surface area contributed by atoms with E-state index in [0.717, 1.165) is 33.7 Å². The van der Waals surface area contributed by atoms with Gasteiger partial charge in [-0.2, -0.15) is 0 Å². The molecule has 7 heteroatoms. The number of ether oxygens (including phenoxy) is 1. The van der Waals surface area contributed by atoms with Gasteiger partial charge in [-0.1, -0.05) is 81.4 Å². The number of aliphatic imine (C=N–C) groups is 2. The summed E-state index contributed by atoms with van der Waals surface area (Å²) in [5, 5.41) is 0.0767. The first-order valence-corrected chi connectivity index (χ1v) is 16.8. The number of fused-ring (bicyclic) bond motifs is 1. The molecule has 0 aliphatic carbocycles. The standard InChI is InChI=1S/C34H37N3O3Si/c1-34(2,3)41(5,6)40-28-17-11-16-27(21-28)31-22-37-32(29(35-31)19-24-12-8-7-9-13-24)36-30(33(37)38)20-25-14-10-15-26(18-25)23-39-4/h7-18,20-22H,19,23H2,1-6H3/b30-20-. The molecule has 6 nitrogen and oxygen atoms in total. The van der Waals surface area contributed by atoms with Gasteiger partial charge in [-0.05, 0) is 59.1 Å². The lowest BCUT2D eigenvalue weighted by molar-refractivity contribution is -0.120. The Labute approximate surface area is 243 Å². The van der Waals surface area contributed by atoms with Crippen molar-refractivity contribution in [2.75, 3.05) is 7.11 Å². The molecular weight excluding hydrogens is 526 g/mol. The molecule has 0 aromatic heterocycles. The number of rotatable bonds is 8. The Bertz CT molecular complexity index is 1580. The van der Waals surface area contributed by atoms with Crippen LogP contribution in [-0.2, 0) is 22.6 Å². The number of benzene rings is 3. The maximum Gasteiger partial charge on any atom is 0.282 e. The quantitative estimate of drug-likeness (QED) is 0.211. The molecule has 3 aromatic carbocycles. The fourth-order valence-electron chi connectivity index (χ4n) is 4.51. The Morgan fingerprint density at radius 3 is 2.37 bits per heavy atom. The normalized spacial score (nSPS) is 16.3. The predicted octanol–water partition coefficient (Wildman–Crippen LogP) is 7.49. The molecule has 1 amide bonds. The van der Waals surface area contributed by atoms with Gasteiger partial charge in [-0.15, -0.1) is 0 Å². The van der Waals surface area contributed by atoms with Crippen LogP contribution in [0.1, 0.15) is 43.0 Å². The Morgan fingerprint density at radius 1 is 0.902 bits per heavy atom. The summed E-state index contributed by atoms with van der Waals surface area (Å²) in [6, 6.07) is 26.1. The van der Waals surface area contributed by atoms with Crippen LogP contribution in [0.2, 0.25) is 18.1 Å². The van der Waals surface area contributed by atoms with Crippen LogP contribution >= 0.6 is 0 Å². The zero-order valence-electron chi connectivity index (χ0n) is 24.6. The zero-order valence-corrected chi connectivity index (χ0v) is 25.6. The third-order valence-electron chi connectivity index (χ3n) is 7.75. The summed E-state index contributed by atoms with van der Waals surface area (Å²) in [4.78, 5) is 25.2. The molecule has 210 valence electrons. The Morgan fingerprint density at radius 2 is 1.63 bits per heavy atom. The number of amidine groups is 1. The third-order valence-corrected chi connectivity index (χ3v) is 12.1. The van der Waals surface area contributed by atoms with E-state index in [1.165, 1.54) is 0 Å². The first-order chi connectivity index (χ1) is 19.5. The van der Waals surface area contributed by atoms with E-state index in [9.17, 15) is 4.79 Å². The Kier molecular flexibility index (Phi) is 7.93. The van der Waals surface area contributed by atoms with Crippen LogP contribution in [0, 0.1) is 0 Å². The number of amides is 1. The number of nitrogens with zero attached hydrogens (tertiary/aromatic N) is 3. The molecule has 2 heterocycles. The second-order valence-corrected chi connectivity index (χ2v) is 16.7. The highest BCUT2D eigenvalue weighted by Crippen LogP contribution is 2.38. The summed E-state index contributed by atoms with van der Waals surface area (Å²) in [6.45, 7) is 11.7. The number of hydrogen-bond donors (Lipinski definition) is 0. The van der Waals surface area contributed by atoms with E-state index in [2.05, 4.69) is 46.0 Å². The average Bonchev–Trinajstić information content (AvgIpc) is 3.24. The highest BCUT2D eigenvalue weighted by atomic mass is 28.4. The SMILES string of the molecule is COCc1cccc(/C=C2\N=C3C(Cc4ccccc4)=NC(c4cccc(O[Si](C)(C)C(C)(C)C)c4)=CN3C2=O)c1. The molecule has 0 unspecified atom stereocenters. The molecule has 5 rings (SSSR count). The van der Waals surface area contributed by atoms with Gasteiger partial charge < -0.3 is 9.16 Å². The number of methoxy groups -OCH3 is 1. The first kappa shape index (κ1) is 28.5. The van der Waals surface area contributed by atoms with Crippen molar-refractivity contribution in [2.24, 2.45) is 9.98 Å². The number of carbonyl (C=O) groups is 1. The van der Waals surface area contributed by atoms with E-state index in [-0.39, 0.29) is 10.9 Å². The molecule has 0 bridgehead atoms. The lowest BCUT2D eigenvalue weighted by Crippen LogP contribution is -2.43. The van der Waals surface area contributed by atoms with Gasteiger partial charge in [0.1, 0.15) is 11.4 Å². The van der Waals surface area contributed by atoms with E-state index < -0.39 is 8.32 Å². The monoisotopic (exact) mass is 563 g/mol. The molecule has 0 N–H and O–H groups in total. The van der Waals surface area contributed by atoms with E-state index in [0.29, 0.717) is 30.3 Å². The molecular formula is C34H37N3O3Si. The molecule has 0 radical (unpaired) electrons. The summed E-state index contributed by atoms with van der Waals surface area (Å²) in [5.74, 6) is 1.21. The van der Waals surface area contributed by atoms with Gasteiger partial charge in [-0.25, -0.2) is 9.98 Å². The largest absolute Gasteiger partial charge is 0.543 e. The molecule has 0 fully saturated rings. The minimum atomic E-state index is -2.03. The Hall–Kier alpha value is -4.07. The van der Waals surface area contributed by atoms with E-state index in [1.54, 1.807) is 18.2 Å². The number of hydrogen-bond acceptors (Lipinski definition) is 5. The van der Waals surface area contributed by atoms with Crippen LogP contribution in [0.25, 0.3) is 11.8 Å². The van der Waals surface area contributed by atoms with E-state index in [1.807, 2.05) is 72.8 Å². The lowest BCUT2D eigenvalue weighted by atomic mass is 10.0. The second-order valence-electron chi connectivity index (χ2n) is 11.9. The molecule has 2 aliphatic heterocycles. The zero-order chi connectivity index (χ0) is 29.2. The van der Waals surface area contributed by atoms with Gasteiger partial charge in [0.15, 0.2) is 5.84 Å². The molecule has 2 aliphatic rings. The van der Waals surface area contributed by atoms with Crippen LogP contribution in [0.4, 0.5) is 0 Å². The Balaban J connectivity index is 1.52. The van der Waals surface area contributed by atoms with Crippen molar-refractivity contribution in [3.8, 4) is 5.75 Å². The summed E-state index contributed by atoms with van der Waals surface area (Å²) in [7, 11) is -0.356. The second kappa shape index (κ2) is 11.4. The summed E-state index contributed by atoms with van der Waals surface area (Å²) in [5.41, 5.74) is 5.74. The average molecular weight is 564 g/mol. The minimum Gasteiger partial charge on any atom is -0.543 e. The number of carbonyl (C=O) groups excluding carboxylic acids is 1. The van der Waals surface area contributed by atoms with E-state index >= 15 is 0 Å². The molecule has 0 saturated carbocycles. The summed E-state index contributed by atoms with van der Waals surface area (Å²) < 4.78 is 11.9. The molecule has 0 saturated heterocycles. The van der Waals surface area contributed by atoms with Crippen LogP contribution in [-0.4, -0.2) is 37.8 Å². The molecule has 41 heavy (non-hydrogen) atoms. The van der Waals surface area contributed by atoms with Gasteiger partial charge in [0.05, 0.1) is 18.0 Å². The van der Waals surface area contributed by atoms with Gasteiger partial charge >= 0.3 is 0 Å². The summed E-state index contributed by atoms with van der Waals surface area (Å²) in [6.07, 6.45) is 4.18. The van der Waals surface area contributed by atoms with Crippen LogP contribution in [0.15, 0.2) is 101 Å². The fraction of sp³-hybridized carbons (Fsp3) is 0.265. The van der Waals surface area contributed by atoms with Crippen molar-refractivity contribution in [1.29, 1.82) is 0 Å². The van der Waals surface area contributed by atoms with Gasteiger partial charge in [0, 0.05) is 25.3 Å². The smallest absolute Gasteiger partial charge is 0.282 e. The van der Waals surface area contributed by atoms with Gasteiger partial charge in [-0.3, -0.25) is 9.69 Å². The molecule has 0 atom stereocenters. The van der Waals surface area contributed by atoms with Crippen molar-refractivity contribution in [1.82, 2.24) is 4.90 Å². The minimum absolute atomic E-state index is 0.0767. The summed E-state index contributed by atoms with van der Waals surface area (Å²) >= 11 is 0. The van der Waals surface area contributed by atoms with Gasteiger partial charge in [0.25, 0.3) is 5.91 Å². The van der Waals surface area contributed by atoms with Crippen LogP contribution in [0.3, 0.4) is 0 Å². The van der Waals surface area contributed by atoms with Crippen LogP contribution in [0.5, 0.6) is 5.75 Å². The predicted molar refractivity (Wildman–Crippen MR) is 169 cm³/mol. The van der Waals surface area contributed by atoms with Crippen LogP contribution < -0.4 is 4.43 Å². The maximum absolute atomic E-state index is 13.7. The van der Waals surface area contributed by atoms with E-state index in [4.69, 9.17) is 19.1 Å². The van der Waals surface area contributed by atoms with Crippen molar-refractivity contribution >= 4 is 37.5 Å². The van der Waals surface area contributed by atoms with Crippen molar-refractivity contribution in [2.45, 2.75) is 51.9 Å². The highest BCUT2D eigenvalue weighted by molar-refractivity contribution is 6.74. The van der Waals surface area contributed by atoms with Gasteiger partial charge in [0.2, 0.25) is 8.32 Å². The first-order valence-electron chi connectivity index (χ1n) is 13.9.